The van der Waals surface area contributed by atoms with Crippen LogP contribution in [-0.2, 0) is 11.8 Å². The number of alkyl halides is 3. The highest BCUT2D eigenvalue weighted by atomic mass is 19.4. The molecule has 1 aliphatic heterocycles. The number of ether oxygens (including phenoxy) is 1. The van der Waals surface area contributed by atoms with Gasteiger partial charge in [0.1, 0.15) is 18.2 Å². The number of carbonyl (C=O) groups is 1. The Morgan fingerprint density at radius 1 is 1.28 bits per heavy atom. The maximum Gasteiger partial charge on any atom is 0.413 e. The SMILES string of the molecule is Cn1c(-c2ccnc(N(CC(F)(F)F)C(=O)O)c2)cc2cnc(NC3CCOCC3)cc21. The van der Waals surface area contributed by atoms with Crippen molar-refractivity contribution < 1.29 is 27.8 Å². The van der Waals surface area contributed by atoms with Gasteiger partial charge in [0.2, 0.25) is 0 Å². The van der Waals surface area contributed by atoms with Gasteiger partial charge in [0.25, 0.3) is 0 Å². The summed E-state index contributed by atoms with van der Waals surface area (Å²) in [4.78, 5) is 19.9. The molecule has 0 spiro atoms. The molecule has 1 fully saturated rings. The largest absolute Gasteiger partial charge is 0.465 e. The van der Waals surface area contributed by atoms with E-state index in [1.165, 1.54) is 12.3 Å². The van der Waals surface area contributed by atoms with E-state index in [1.807, 2.05) is 23.7 Å². The van der Waals surface area contributed by atoms with Gasteiger partial charge in [-0.05, 0) is 31.0 Å². The van der Waals surface area contributed by atoms with Crippen LogP contribution in [0.1, 0.15) is 12.8 Å². The average molecular weight is 449 g/mol. The molecule has 1 saturated heterocycles. The van der Waals surface area contributed by atoms with Crippen LogP contribution in [0, 0.1) is 0 Å². The van der Waals surface area contributed by atoms with Crippen LogP contribution in [0.15, 0.2) is 36.7 Å². The van der Waals surface area contributed by atoms with Gasteiger partial charge in [0.05, 0.1) is 5.52 Å². The molecule has 32 heavy (non-hydrogen) atoms. The number of anilines is 2. The van der Waals surface area contributed by atoms with Gasteiger partial charge in [-0.15, -0.1) is 0 Å². The maximum atomic E-state index is 12.8. The number of carboxylic acid groups (broad SMARTS) is 1. The Kier molecular flexibility index (Phi) is 5.92. The van der Waals surface area contributed by atoms with E-state index in [2.05, 4.69) is 15.3 Å². The Morgan fingerprint density at radius 3 is 2.72 bits per heavy atom. The number of hydrogen-bond acceptors (Lipinski definition) is 5. The fourth-order valence-corrected chi connectivity index (χ4v) is 3.79. The molecular formula is C21H22F3N5O3. The number of hydrogen-bond donors (Lipinski definition) is 2. The van der Waals surface area contributed by atoms with E-state index in [-0.39, 0.29) is 16.8 Å². The molecule has 0 unspecified atom stereocenters. The molecule has 11 heteroatoms. The molecule has 4 heterocycles. The first-order chi connectivity index (χ1) is 15.2. The summed E-state index contributed by atoms with van der Waals surface area (Å²) < 4.78 is 45.7. The minimum absolute atomic E-state index is 0.184. The third kappa shape index (κ3) is 4.77. The Hall–Kier alpha value is -3.34. The van der Waals surface area contributed by atoms with E-state index >= 15 is 0 Å². The van der Waals surface area contributed by atoms with E-state index in [0.717, 1.165) is 29.6 Å². The Balaban J connectivity index is 1.65. The zero-order valence-electron chi connectivity index (χ0n) is 17.3. The van der Waals surface area contributed by atoms with Crippen LogP contribution in [0.2, 0.25) is 0 Å². The molecule has 0 radical (unpaired) electrons. The Labute approximate surface area is 181 Å². The Bertz CT molecular complexity index is 1130. The summed E-state index contributed by atoms with van der Waals surface area (Å²) in [6, 6.07) is 7.02. The zero-order valence-corrected chi connectivity index (χ0v) is 17.3. The molecule has 3 aromatic heterocycles. The van der Waals surface area contributed by atoms with Crippen molar-refractivity contribution in [3.63, 3.8) is 0 Å². The summed E-state index contributed by atoms with van der Waals surface area (Å²) in [5.74, 6) is 0.437. The summed E-state index contributed by atoms with van der Waals surface area (Å²) in [6.07, 6.45) is -1.58. The van der Waals surface area contributed by atoms with Crippen LogP contribution in [0.3, 0.4) is 0 Å². The predicted octanol–water partition coefficient (Wildman–Crippen LogP) is 4.27. The standard InChI is InChI=1S/C21H22F3N5O3/c1-28-16(13-2-5-25-19(9-13)29(20(30)31)12-21(22,23)24)8-14-11-26-18(10-17(14)28)27-15-3-6-32-7-4-15/h2,5,8-11,15H,3-4,6-7,12H2,1H3,(H,26,27)(H,30,31). The lowest BCUT2D eigenvalue weighted by Crippen LogP contribution is -2.38. The van der Waals surface area contributed by atoms with Crippen LogP contribution in [-0.4, -0.2) is 57.7 Å². The summed E-state index contributed by atoms with van der Waals surface area (Å²) in [5, 5.41) is 13.5. The van der Waals surface area contributed by atoms with Crippen molar-refractivity contribution in [2.75, 3.05) is 30.0 Å². The van der Waals surface area contributed by atoms with Crippen molar-refractivity contribution in [2.45, 2.75) is 25.1 Å². The fraction of sp³-hybridized carbons (Fsp3) is 0.381. The summed E-state index contributed by atoms with van der Waals surface area (Å²) in [6.45, 7) is -0.223. The number of nitrogens with zero attached hydrogens (tertiary/aromatic N) is 4. The number of pyridine rings is 2. The minimum atomic E-state index is -4.69. The third-order valence-corrected chi connectivity index (χ3v) is 5.39. The topological polar surface area (TPSA) is 92.5 Å². The van der Waals surface area contributed by atoms with Crippen molar-refractivity contribution in [1.82, 2.24) is 14.5 Å². The molecule has 8 nitrogen and oxygen atoms in total. The lowest BCUT2D eigenvalue weighted by atomic mass is 10.1. The van der Waals surface area contributed by atoms with Crippen LogP contribution in [0.4, 0.5) is 29.6 Å². The van der Waals surface area contributed by atoms with Crippen LogP contribution < -0.4 is 10.2 Å². The molecule has 0 aromatic carbocycles. The highest BCUT2D eigenvalue weighted by Crippen LogP contribution is 2.31. The van der Waals surface area contributed by atoms with Crippen molar-refractivity contribution in [3.8, 4) is 11.3 Å². The first-order valence-corrected chi connectivity index (χ1v) is 10.0. The molecule has 0 saturated carbocycles. The highest BCUT2D eigenvalue weighted by molar-refractivity contribution is 5.89. The molecule has 1 aliphatic rings. The molecule has 170 valence electrons. The minimum Gasteiger partial charge on any atom is -0.465 e. The summed E-state index contributed by atoms with van der Waals surface area (Å²) >= 11 is 0. The number of aromatic nitrogens is 3. The molecule has 4 rings (SSSR count). The fourth-order valence-electron chi connectivity index (χ4n) is 3.79. The molecule has 2 N–H and O–H groups in total. The summed E-state index contributed by atoms with van der Waals surface area (Å²) in [5.41, 5.74) is 2.13. The number of fused-ring (bicyclic) bond motifs is 1. The zero-order chi connectivity index (χ0) is 22.9. The van der Waals surface area contributed by atoms with Crippen molar-refractivity contribution >= 4 is 28.6 Å². The van der Waals surface area contributed by atoms with Gasteiger partial charge in [-0.25, -0.2) is 14.8 Å². The van der Waals surface area contributed by atoms with Gasteiger partial charge in [-0.3, -0.25) is 4.90 Å². The van der Waals surface area contributed by atoms with Crippen LogP contribution >= 0.6 is 0 Å². The number of rotatable bonds is 5. The van der Waals surface area contributed by atoms with Crippen molar-refractivity contribution in [2.24, 2.45) is 7.05 Å². The number of nitrogens with one attached hydrogen (secondary N) is 1. The van der Waals surface area contributed by atoms with Crippen LogP contribution in [0.25, 0.3) is 22.2 Å². The maximum absolute atomic E-state index is 12.8. The van der Waals surface area contributed by atoms with Gasteiger partial charge in [-0.1, -0.05) is 0 Å². The molecule has 3 aromatic rings. The smallest absolute Gasteiger partial charge is 0.413 e. The third-order valence-electron chi connectivity index (χ3n) is 5.39. The molecule has 1 amide bonds. The monoisotopic (exact) mass is 449 g/mol. The van der Waals surface area contributed by atoms with Crippen molar-refractivity contribution in [3.05, 3.63) is 36.7 Å². The second kappa shape index (κ2) is 8.65. The summed E-state index contributed by atoms with van der Waals surface area (Å²) in [7, 11) is 1.83. The second-order valence-corrected chi connectivity index (χ2v) is 7.63. The molecule has 0 aliphatic carbocycles. The normalized spacial score (nSPS) is 15.1. The van der Waals surface area contributed by atoms with Gasteiger partial charge in [-0.2, -0.15) is 13.2 Å². The van der Waals surface area contributed by atoms with Crippen LogP contribution in [0.5, 0.6) is 0 Å². The quantitative estimate of drug-likeness (QED) is 0.604. The molecular weight excluding hydrogens is 427 g/mol. The van der Waals surface area contributed by atoms with Gasteiger partial charge < -0.3 is 19.7 Å². The second-order valence-electron chi connectivity index (χ2n) is 7.63. The highest BCUT2D eigenvalue weighted by Gasteiger charge is 2.34. The lowest BCUT2D eigenvalue weighted by Gasteiger charge is -2.23. The molecule has 0 atom stereocenters. The average Bonchev–Trinajstić information content (AvgIpc) is 3.08. The van der Waals surface area contributed by atoms with E-state index in [4.69, 9.17) is 4.74 Å². The van der Waals surface area contributed by atoms with E-state index in [9.17, 15) is 23.1 Å². The van der Waals surface area contributed by atoms with E-state index < -0.39 is 18.8 Å². The lowest BCUT2D eigenvalue weighted by molar-refractivity contribution is -0.119. The predicted molar refractivity (Wildman–Crippen MR) is 113 cm³/mol. The number of aryl methyl sites for hydroxylation is 1. The van der Waals surface area contributed by atoms with E-state index in [1.54, 1.807) is 12.3 Å². The number of halogens is 3. The van der Waals surface area contributed by atoms with Gasteiger partial charge >= 0.3 is 12.3 Å². The number of amides is 1. The molecule has 0 bridgehead atoms. The first-order valence-electron chi connectivity index (χ1n) is 10.0. The van der Waals surface area contributed by atoms with Gasteiger partial charge in [0, 0.05) is 61.4 Å². The first kappa shape index (κ1) is 21.9. The van der Waals surface area contributed by atoms with E-state index in [0.29, 0.717) is 24.5 Å². The van der Waals surface area contributed by atoms with Gasteiger partial charge in [0.15, 0.2) is 0 Å². The Morgan fingerprint density at radius 2 is 2.03 bits per heavy atom. The van der Waals surface area contributed by atoms with Crippen molar-refractivity contribution in [1.29, 1.82) is 0 Å².